The summed E-state index contributed by atoms with van der Waals surface area (Å²) in [6.45, 7) is 0.0107. The number of alkyl carbamates (subject to hydrolysis) is 1. The molecule has 0 unspecified atom stereocenters. The lowest BCUT2D eigenvalue weighted by Crippen LogP contribution is -2.39. The number of halogens is 3. The summed E-state index contributed by atoms with van der Waals surface area (Å²) < 4.78 is 43.1. The van der Waals surface area contributed by atoms with E-state index in [0.29, 0.717) is 0 Å². The monoisotopic (exact) mass is 337 g/mol. The molecular weight excluding hydrogens is 319 g/mol. The van der Waals surface area contributed by atoms with Gasteiger partial charge in [-0.05, 0) is 17.5 Å². The highest BCUT2D eigenvalue weighted by atomic mass is 19.4. The predicted octanol–water partition coefficient (Wildman–Crippen LogP) is 4.48. The van der Waals surface area contributed by atoms with Gasteiger partial charge in [-0.1, -0.05) is 60.7 Å². The minimum atomic E-state index is -4.37. The van der Waals surface area contributed by atoms with Gasteiger partial charge in [-0.15, -0.1) is 0 Å². The molecule has 0 aliphatic rings. The van der Waals surface area contributed by atoms with E-state index in [2.05, 4.69) is 5.32 Å². The highest BCUT2D eigenvalue weighted by Gasteiger charge is 2.33. The second-order valence-corrected chi connectivity index (χ2v) is 5.41. The third-order valence-corrected chi connectivity index (χ3v) is 3.34. The van der Waals surface area contributed by atoms with Crippen molar-refractivity contribution >= 4 is 6.09 Å². The van der Waals surface area contributed by atoms with Crippen molar-refractivity contribution in [2.24, 2.45) is 0 Å². The van der Waals surface area contributed by atoms with Gasteiger partial charge in [0.2, 0.25) is 0 Å². The highest BCUT2D eigenvalue weighted by molar-refractivity contribution is 5.67. The standard InChI is InChI=1S/C18H18F3NO2/c19-18(20,21)12-16(11-14-7-3-1-4-8-14)22-17(23)24-13-15-9-5-2-6-10-15/h1-10,16H,11-13H2,(H,22,23)/t16-/m1/s1. The van der Waals surface area contributed by atoms with E-state index in [1.54, 1.807) is 54.6 Å². The number of alkyl halides is 3. The molecule has 0 aromatic heterocycles. The van der Waals surface area contributed by atoms with Crippen LogP contribution in [-0.2, 0) is 17.8 Å². The van der Waals surface area contributed by atoms with Gasteiger partial charge in [0.1, 0.15) is 6.61 Å². The van der Waals surface area contributed by atoms with Gasteiger partial charge in [-0.2, -0.15) is 13.2 Å². The van der Waals surface area contributed by atoms with Crippen molar-refractivity contribution in [3.05, 3.63) is 71.8 Å². The van der Waals surface area contributed by atoms with Crippen LogP contribution in [0.15, 0.2) is 60.7 Å². The topological polar surface area (TPSA) is 38.3 Å². The molecule has 24 heavy (non-hydrogen) atoms. The van der Waals surface area contributed by atoms with Gasteiger partial charge in [0.25, 0.3) is 0 Å². The van der Waals surface area contributed by atoms with Crippen LogP contribution in [-0.4, -0.2) is 18.3 Å². The largest absolute Gasteiger partial charge is 0.445 e. The first kappa shape index (κ1) is 17.8. The highest BCUT2D eigenvalue weighted by Crippen LogP contribution is 2.23. The zero-order valence-electron chi connectivity index (χ0n) is 12.9. The van der Waals surface area contributed by atoms with E-state index >= 15 is 0 Å². The molecule has 1 N–H and O–H groups in total. The molecule has 128 valence electrons. The Morgan fingerprint density at radius 3 is 2.04 bits per heavy atom. The molecule has 1 amide bonds. The molecule has 0 aliphatic heterocycles. The van der Waals surface area contributed by atoms with E-state index in [9.17, 15) is 18.0 Å². The minimum Gasteiger partial charge on any atom is -0.445 e. The van der Waals surface area contributed by atoms with Crippen LogP contribution in [0.2, 0.25) is 0 Å². The Bertz CT molecular complexity index is 630. The smallest absolute Gasteiger partial charge is 0.407 e. The molecule has 0 bridgehead atoms. The Hall–Kier alpha value is -2.50. The van der Waals surface area contributed by atoms with Gasteiger partial charge in [0.15, 0.2) is 0 Å². The molecule has 0 fully saturated rings. The molecule has 3 nitrogen and oxygen atoms in total. The lowest BCUT2D eigenvalue weighted by molar-refractivity contribution is -0.139. The molecule has 0 saturated carbocycles. The van der Waals surface area contributed by atoms with Crippen LogP contribution in [0.4, 0.5) is 18.0 Å². The number of hydrogen-bond donors (Lipinski definition) is 1. The maximum atomic E-state index is 12.7. The summed E-state index contributed by atoms with van der Waals surface area (Å²) in [5, 5.41) is 2.31. The molecule has 0 spiro atoms. The van der Waals surface area contributed by atoms with Crippen molar-refractivity contribution in [3.63, 3.8) is 0 Å². The second kappa shape index (κ2) is 8.38. The number of carbonyl (C=O) groups excluding carboxylic acids is 1. The third-order valence-electron chi connectivity index (χ3n) is 3.34. The molecule has 2 rings (SSSR count). The van der Waals surface area contributed by atoms with E-state index in [0.717, 1.165) is 11.1 Å². The first-order chi connectivity index (χ1) is 11.4. The molecule has 0 aliphatic carbocycles. The number of nitrogens with one attached hydrogen (secondary N) is 1. The maximum Gasteiger partial charge on any atom is 0.407 e. The Morgan fingerprint density at radius 2 is 1.50 bits per heavy atom. The van der Waals surface area contributed by atoms with E-state index in [1.807, 2.05) is 6.07 Å². The third kappa shape index (κ3) is 6.73. The summed E-state index contributed by atoms with van der Waals surface area (Å²) in [5.41, 5.74) is 1.48. The van der Waals surface area contributed by atoms with Crippen molar-refractivity contribution in [2.45, 2.75) is 31.7 Å². The van der Waals surface area contributed by atoms with Gasteiger partial charge in [-0.3, -0.25) is 0 Å². The lowest BCUT2D eigenvalue weighted by atomic mass is 10.0. The first-order valence-electron chi connectivity index (χ1n) is 7.50. The molecule has 0 heterocycles. The summed E-state index contributed by atoms with van der Waals surface area (Å²) in [5.74, 6) is 0. The minimum absolute atomic E-state index is 0.0107. The normalized spacial score (nSPS) is 12.5. The summed E-state index contributed by atoms with van der Waals surface area (Å²) in [7, 11) is 0. The van der Waals surface area contributed by atoms with Gasteiger partial charge in [0, 0.05) is 6.04 Å². The summed E-state index contributed by atoms with van der Waals surface area (Å²) in [6.07, 6.45) is -6.25. The molecule has 0 saturated heterocycles. The molecule has 1 atom stereocenters. The Morgan fingerprint density at radius 1 is 0.958 bits per heavy atom. The molecule has 2 aromatic carbocycles. The number of amides is 1. The zero-order valence-corrected chi connectivity index (χ0v) is 12.9. The van der Waals surface area contributed by atoms with E-state index < -0.39 is 24.7 Å². The van der Waals surface area contributed by atoms with Crippen LogP contribution in [0.5, 0.6) is 0 Å². The summed E-state index contributed by atoms with van der Waals surface area (Å²) >= 11 is 0. The van der Waals surface area contributed by atoms with Crippen LogP contribution in [0.1, 0.15) is 17.5 Å². The number of benzene rings is 2. The van der Waals surface area contributed by atoms with Gasteiger partial charge in [0.05, 0.1) is 6.42 Å². The van der Waals surface area contributed by atoms with Crippen molar-refractivity contribution < 1.29 is 22.7 Å². The zero-order chi connectivity index (χ0) is 17.4. The number of ether oxygens (including phenoxy) is 1. The van der Waals surface area contributed by atoms with Crippen molar-refractivity contribution in [3.8, 4) is 0 Å². The van der Waals surface area contributed by atoms with Gasteiger partial charge < -0.3 is 10.1 Å². The second-order valence-electron chi connectivity index (χ2n) is 5.41. The number of rotatable bonds is 6. The van der Waals surface area contributed by atoms with Crippen molar-refractivity contribution in [2.75, 3.05) is 0 Å². The van der Waals surface area contributed by atoms with E-state index in [4.69, 9.17) is 4.74 Å². The van der Waals surface area contributed by atoms with Crippen LogP contribution in [0, 0.1) is 0 Å². The van der Waals surface area contributed by atoms with Crippen LogP contribution in [0.25, 0.3) is 0 Å². The van der Waals surface area contributed by atoms with Crippen molar-refractivity contribution in [1.29, 1.82) is 0 Å². The van der Waals surface area contributed by atoms with Crippen LogP contribution >= 0.6 is 0 Å². The van der Waals surface area contributed by atoms with Gasteiger partial charge in [-0.25, -0.2) is 4.79 Å². The predicted molar refractivity (Wildman–Crippen MR) is 84.4 cm³/mol. The molecule has 6 heteroatoms. The van der Waals surface area contributed by atoms with Gasteiger partial charge >= 0.3 is 12.3 Å². The van der Waals surface area contributed by atoms with Crippen LogP contribution in [0.3, 0.4) is 0 Å². The summed E-state index contributed by atoms with van der Waals surface area (Å²) in [4.78, 5) is 11.8. The lowest BCUT2D eigenvalue weighted by Gasteiger charge is -2.20. The fourth-order valence-electron chi connectivity index (χ4n) is 2.28. The van der Waals surface area contributed by atoms with Crippen LogP contribution < -0.4 is 5.32 Å². The van der Waals surface area contributed by atoms with E-state index in [1.165, 1.54) is 0 Å². The SMILES string of the molecule is O=C(N[C@H](Cc1ccccc1)CC(F)(F)F)OCc1ccccc1. The molecular formula is C18H18F3NO2. The van der Waals surface area contributed by atoms with Crippen molar-refractivity contribution in [1.82, 2.24) is 5.32 Å². The Kier molecular flexibility index (Phi) is 6.23. The molecule has 2 aromatic rings. The maximum absolute atomic E-state index is 12.7. The Balaban J connectivity index is 1.92. The fourth-order valence-corrected chi connectivity index (χ4v) is 2.28. The fraction of sp³-hybridized carbons (Fsp3) is 0.278. The average Bonchev–Trinajstić information content (AvgIpc) is 2.53. The average molecular weight is 337 g/mol. The summed E-state index contributed by atoms with van der Waals surface area (Å²) in [6, 6.07) is 16.6. The first-order valence-corrected chi connectivity index (χ1v) is 7.50. The van der Waals surface area contributed by atoms with E-state index in [-0.39, 0.29) is 13.0 Å². The molecule has 0 radical (unpaired) electrons. The quantitative estimate of drug-likeness (QED) is 0.844. The number of hydrogen-bond acceptors (Lipinski definition) is 2. The Labute approximate surface area is 138 Å². The number of carbonyl (C=O) groups is 1.